The number of aliphatic carboxylic acids is 1. The van der Waals surface area contributed by atoms with E-state index in [2.05, 4.69) is 12.1 Å². The number of carboxylic acid groups (broad SMARTS) is 1. The summed E-state index contributed by atoms with van der Waals surface area (Å²) in [5.41, 5.74) is 1.33. The summed E-state index contributed by atoms with van der Waals surface area (Å²) in [5, 5.41) is 10.8. The lowest BCUT2D eigenvalue weighted by atomic mass is 9.98. The number of quaternary nitrogens is 1. The van der Waals surface area contributed by atoms with E-state index in [1.165, 1.54) is 10.5 Å². The van der Waals surface area contributed by atoms with E-state index in [-0.39, 0.29) is 5.92 Å². The molecule has 1 aromatic carbocycles. The van der Waals surface area contributed by atoms with Crippen LogP contribution >= 0.6 is 0 Å². The fourth-order valence-electron chi connectivity index (χ4n) is 2.55. The molecule has 2 atom stereocenters. The molecule has 0 amide bonds. The Morgan fingerprint density at radius 2 is 2.12 bits per heavy atom. The molecule has 0 spiro atoms. The molecule has 1 heterocycles. The molecule has 1 saturated heterocycles. The van der Waals surface area contributed by atoms with Crippen molar-refractivity contribution in [2.24, 2.45) is 5.92 Å². The molecule has 0 aromatic heterocycles. The SMILES string of the molecule is O=C([O-])[C@H]1CCC[NH+](CCc2ccccc2)C1. The molecule has 1 aliphatic heterocycles. The van der Waals surface area contributed by atoms with Crippen LogP contribution in [0, 0.1) is 5.92 Å². The Bertz CT molecular complexity index is 364. The number of hydrogen-bond acceptors (Lipinski definition) is 2. The standard InChI is InChI=1S/C14H19NO2/c16-14(17)13-7-4-9-15(11-13)10-8-12-5-2-1-3-6-12/h1-3,5-6,13H,4,7-11H2,(H,16,17)/t13-/m0/s1. The van der Waals surface area contributed by atoms with Crippen molar-refractivity contribution in [3.63, 3.8) is 0 Å². The third kappa shape index (κ3) is 3.56. The number of piperidine rings is 1. The van der Waals surface area contributed by atoms with Gasteiger partial charge in [0.1, 0.15) is 0 Å². The average Bonchev–Trinajstić information content (AvgIpc) is 2.38. The van der Waals surface area contributed by atoms with Crippen LogP contribution in [0.3, 0.4) is 0 Å². The van der Waals surface area contributed by atoms with E-state index in [0.29, 0.717) is 0 Å². The second-order valence-corrected chi connectivity index (χ2v) is 4.85. The monoisotopic (exact) mass is 233 g/mol. The van der Waals surface area contributed by atoms with Crippen LogP contribution in [0.15, 0.2) is 30.3 Å². The van der Waals surface area contributed by atoms with Gasteiger partial charge in [-0.25, -0.2) is 0 Å². The lowest BCUT2D eigenvalue weighted by Crippen LogP contribution is -3.14. The smallest absolute Gasteiger partial charge is 0.0852 e. The molecule has 1 unspecified atom stereocenters. The molecule has 1 fully saturated rings. The first-order valence-corrected chi connectivity index (χ1v) is 6.34. The molecular weight excluding hydrogens is 214 g/mol. The zero-order chi connectivity index (χ0) is 12.1. The quantitative estimate of drug-likeness (QED) is 0.745. The molecule has 3 nitrogen and oxygen atoms in total. The minimum atomic E-state index is -0.873. The summed E-state index contributed by atoms with van der Waals surface area (Å²) in [6.07, 6.45) is 2.82. The lowest BCUT2D eigenvalue weighted by molar-refractivity contribution is -0.907. The number of benzene rings is 1. The van der Waals surface area contributed by atoms with Crippen molar-refractivity contribution >= 4 is 5.97 Å². The molecule has 0 bridgehead atoms. The van der Waals surface area contributed by atoms with Crippen molar-refractivity contribution in [3.05, 3.63) is 35.9 Å². The van der Waals surface area contributed by atoms with Gasteiger partial charge in [0.25, 0.3) is 0 Å². The Kier molecular flexibility index (Phi) is 4.15. The van der Waals surface area contributed by atoms with E-state index in [1.54, 1.807) is 0 Å². The highest BCUT2D eigenvalue weighted by Crippen LogP contribution is 2.06. The van der Waals surface area contributed by atoms with Gasteiger partial charge in [-0.1, -0.05) is 30.3 Å². The van der Waals surface area contributed by atoms with Gasteiger partial charge in [0, 0.05) is 12.3 Å². The summed E-state index contributed by atoms with van der Waals surface area (Å²) in [6, 6.07) is 10.4. The Morgan fingerprint density at radius 1 is 1.35 bits per heavy atom. The predicted octanol–water partition coefficient (Wildman–Crippen LogP) is -0.726. The highest BCUT2D eigenvalue weighted by atomic mass is 16.4. The lowest BCUT2D eigenvalue weighted by Gasteiger charge is -2.30. The van der Waals surface area contributed by atoms with Crippen LogP contribution in [-0.2, 0) is 11.2 Å². The summed E-state index contributed by atoms with van der Waals surface area (Å²) >= 11 is 0. The number of nitrogens with one attached hydrogen (secondary N) is 1. The average molecular weight is 233 g/mol. The Morgan fingerprint density at radius 3 is 2.82 bits per heavy atom. The molecule has 1 N–H and O–H groups in total. The summed E-state index contributed by atoms with van der Waals surface area (Å²) in [4.78, 5) is 12.2. The Balaban J connectivity index is 1.81. The van der Waals surface area contributed by atoms with Gasteiger partial charge in [-0.05, 0) is 18.4 Å². The zero-order valence-electron chi connectivity index (χ0n) is 10.0. The van der Waals surface area contributed by atoms with Gasteiger partial charge >= 0.3 is 0 Å². The van der Waals surface area contributed by atoms with Crippen molar-refractivity contribution in [2.45, 2.75) is 19.3 Å². The first-order chi connectivity index (χ1) is 8.25. The number of carbonyl (C=O) groups is 1. The second-order valence-electron chi connectivity index (χ2n) is 4.85. The van der Waals surface area contributed by atoms with Crippen LogP contribution in [-0.4, -0.2) is 25.6 Å². The maximum absolute atomic E-state index is 10.8. The molecule has 17 heavy (non-hydrogen) atoms. The maximum atomic E-state index is 10.8. The van der Waals surface area contributed by atoms with E-state index in [0.717, 1.165) is 38.9 Å². The largest absolute Gasteiger partial charge is 0.550 e. The van der Waals surface area contributed by atoms with E-state index < -0.39 is 5.97 Å². The van der Waals surface area contributed by atoms with Gasteiger partial charge < -0.3 is 14.8 Å². The van der Waals surface area contributed by atoms with E-state index in [4.69, 9.17) is 0 Å². The van der Waals surface area contributed by atoms with Crippen LogP contribution in [0.5, 0.6) is 0 Å². The Hall–Kier alpha value is -1.35. The molecule has 0 radical (unpaired) electrons. The zero-order valence-corrected chi connectivity index (χ0v) is 10.0. The minimum absolute atomic E-state index is 0.241. The van der Waals surface area contributed by atoms with Crippen LogP contribution in [0.4, 0.5) is 0 Å². The molecule has 0 saturated carbocycles. The van der Waals surface area contributed by atoms with Crippen LogP contribution < -0.4 is 10.0 Å². The number of likely N-dealkylation sites (tertiary alicyclic amines) is 1. The molecule has 1 aromatic rings. The van der Waals surface area contributed by atoms with E-state index in [1.807, 2.05) is 18.2 Å². The summed E-state index contributed by atoms with van der Waals surface area (Å²) < 4.78 is 0. The van der Waals surface area contributed by atoms with Gasteiger partial charge in [0.05, 0.1) is 25.6 Å². The summed E-state index contributed by atoms with van der Waals surface area (Å²) in [7, 11) is 0. The third-order valence-electron chi connectivity index (χ3n) is 3.56. The normalized spacial score (nSPS) is 24.5. The fraction of sp³-hybridized carbons (Fsp3) is 0.500. The van der Waals surface area contributed by atoms with Crippen LogP contribution in [0.2, 0.25) is 0 Å². The highest BCUT2D eigenvalue weighted by Gasteiger charge is 2.23. The fourth-order valence-corrected chi connectivity index (χ4v) is 2.55. The topological polar surface area (TPSA) is 44.6 Å². The molecule has 92 valence electrons. The molecule has 0 aliphatic carbocycles. The summed E-state index contributed by atoms with van der Waals surface area (Å²) in [6.45, 7) is 2.85. The van der Waals surface area contributed by atoms with E-state index in [9.17, 15) is 9.90 Å². The van der Waals surface area contributed by atoms with Gasteiger partial charge in [0.2, 0.25) is 0 Å². The van der Waals surface area contributed by atoms with Crippen molar-refractivity contribution in [1.82, 2.24) is 0 Å². The first kappa shape index (κ1) is 12.1. The number of rotatable bonds is 4. The summed E-state index contributed by atoms with van der Waals surface area (Å²) in [5.74, 6) is -1.11. The number of carbonyl (C=O) groups excluding carboxylic acids is 1. The van der Waals surface area contributed by atoms with Gasteiger partial charge in [-0.2, -0.15) is 0 Å². The number of hydrogen-bond donors (Lipinski definition) is 1. The van der Waals surface area contributed by atoms with Crippen molar-refractivity contribution in [1.29, 1.82) is 0 Å². The maximum Gasteiger partial charge on any atom is 0.0852 e. The van der Waals surface area contributed by atoms with Crippen LogP contribution in [0.1, 0.15) is 18.4 Å². The predicted molar refractivity (Wildman–Crippen MR) is 63.4 cm³/mol. The second kappa shape index (κ2) is 5.82. The number of carboxylic acids is 1. The van der Waals surface area contributed by atoms with Gasteiger partial charge in [-0.3, -0.25) is 0 Å². The molecule has 2 rings (SSSR count). The molecular formula is C14H19NO2. The highest BCUT2D eigenvalue weighted by molar-refractivity contribution is 5.67. The van der Waals surface area contributed by atoms with Crippen LogP contribution in [0.25, 0.3) is 0 Å². The van der Waals surface area contributed by atoms with Crippen molar-refractivity contribution in [2.75, 3.05) is 19.6 Å². The first-order valence-electron chi connectivity index (χ1n) is 6.34. The van der Waals surface area contributed by atoms with Gasteiger partial charge in [-0.15, -0.1) is 0 Å². The minimum Gasteiger partial charge on any atom is -0.550 e. The van der Waals surface area contributed by atoms with E-state index >= 15 is 0 Å². The van der Waals surface area contributed by atoms with Crippen molar-refractivity contribution in [3.8, 4) is 0 Å². The van der Waals surface area contributed by atoms with Crippen molar-refractivity contribution < 1.29 is 14.8 Å². The third-order valence-corrected chi connectivity index (χ3v) is 3.56. The van der Waals surface area contributed by atoms with Gasteiger partial charge in [0.15, 0.2) is 0 Å². The Labute approximate surface area is 102 Å². The molecule has 1 aliphatic rings. The molecule has 3 heteroatoms.